The van der Waals surface area contributed by atoms with Crippen LogP contribution in [0.25, 0.3) is 0 Å². The molecule has 2 heteroatoms. The monoisotopic (exact) mass is 237 g/mol. The fraction of sp³-hybridized carbons (Fsp3) is 0.571. The topological polar surface area (TPSA) is 26.0 Å². The summed E-state index contributed by atoms with van der Waals surface area (Å²) in [6, 6.07) is 4.09. The van der Waals surface area contributed by atoms with Gasteiger partial charge in [-0.15, -0.1) is 0 Å². The minimum Gasteiger partial charge on any atom is -0.321 e. The molecule has 16 heavy (non-hydrogen) atoms. The molecule has 1 aromatic rings. The average Bonchev–Trinajstić information content (AvgIpc) is 2.24. The number of rotatable bonds is 1. The summed E-state index contributed by atoms with van der Waals surface area (Å²) >= 11 is 6.15. The fourth-order valence-corrected chi connectivity index (χ4v) is 3.06. The molecular weight excluding hydrogens is 218 g/mol. The molecule has 0 bridgehead atoms. The summed E-state index contributed by atoms with van der Waals surface area (Å²) in [6.45, 7) is 4.26. The highest BCUT2D eigenvalue weighted by molar-refractivity contribution is 6.30. The molecule has 2 rings (SSSR count). The maximum absolute atomic E-state index is 6.56. The minimum atomic E-state index is -0.141. The Morgan fingerprint density at radius 2 is 1.75 bits per heavy atom. The molecule has 1 fully saturated rings. The summed E-state index contributed by atoms with van der Waals surface area (Å²) < 4.78 is 0. The molecular formula is C14H20ClN. The lowest BCUT2D eigenvalue weighted by Gasteiger charge is -2.35. The van der Waals surface area contributed by atoms with Crippen LogP contribution in [0.15, 0.2) is 12.1 Å². The lowest BCUT2D eigenvalue weighted by molar-refractivity contribution is 0.301. The summed E-state index contributed by atoms with van der Waals surface area (Å²) in [6.07, 6.45) is 5.97. The smallest absolute Gasteiger partial charge is 0.0412 e. The molecule has 1 aliphatic rings. The molecule has 0 saturated heterocycles. The number of halogens is 1. The lowest BCUT2D eigenvalue weighted by Crippen LogP contribution is -2.39. The van der Waals surface area contributed by atoms with Crippen molar-refractivity contribution in [1.82, 2.24) is 0 Å². The van der Waals surface area contributed by atoms with Crippen molar-refractivity contribution in [2.75, 3.05) is 0 Å². The quantitative estimate of drug-likeness (QED) is 0.783. The van der Waals surface area contributed by atoms with Gasteiger partial charge in [-0.2, -0.15) is 0 Å². The predicted octanol–water partition coefficient (Wildman–Crippen LogP) is 4.07. The predicted molar refractivity (Wildman–Crippen MR) is 69.9 cm³/mol. The zero-order valence-corrected chi connectivity index (χ0v) is 10.9. The Hall–Kier alpha value is -0.530. The van der Waals surface area contributed by atoms with E-state index in [0.717, 1.165) is 17.9 Å². The lowest BCUT2D eigenvalue weighted by atomic mass is 9.75. The number of benzene rings is 1. The number of aryl methyl sites for hydroxylation is 1. The summed E-state index contributed by atoms with van der Waals surface area (Å²) in [5, 5.41) is 0.813. The van der Waals surface area contributed by atoms with Gasteiger partial charge in [0, 0.05) is 10.6 Å². The molecule has 88 valence electrons. The van der Waals surface area contributed by atoms with Crippen LogP contribution in [0.3, 0.4) is 0 Å². The van der Waals surface area contributed by atoms with E-state index in [2.05, 4.69) is 19.9 Å². The Balaban J connectivity index is 2.45. The Morgan fingerprint density at radius 1 is 1.12 bits per heavy atom. The minimum absolute atomic E-state index is 0.141. The van der Waals surface area contributed by atoms with Gasteiger partial charge in [0.05, 0.1) is 0 Å². The molecule has 2 N–H and O–H groups in total. The van der Waals surface area contributed by atoms with Gasteiger partial charge >= 0.3 is 0 Å². The van der Waals surface area contributed by atoms with Crippen LogP contribution in [0.2, 0.25) is 5.02 Å². The van der Waals surface area contributed by atoms with Gasteiger partial charge in [-0.1, -0.05) is 30.9 Å². The van der Waals surface area contributed by atoms with Crippen LogP contribution in [0.5, 0.6) is 0 Å². The zero-order valence-electron chi connectivity index (χ0n) is 10.1. The molecule has 1 saturated carbocycles. The Kier molecular flexibility index (Phi) is 3.27. The standard InChI is InChI=1S/C14H20ClN/c1-10-8-12(15)9-13(11(10)2)14(16)6-4-3-5-7-14/h8-9H,3-7,16H2,1-2H3. The first-order valence-electron chi connectivity index (χ1n) is 6.09. The highest BCUT2D eigenvalue weighted by Gasteiger charge is 2.31. The first kappa shape index (κ1) is 11.9. The van der Waals surface area contributed by atoms with Gasteiger partial charge in [0.1, 0.15) is 0 Å². The summed E-state index contributed by atoms with van der Waals surface area (Å²) in [5.41, 5.74) is 10.2. The second-order valence-corrected chi connectivity index (χ2v) is 5.55. The maximum Gasteiger partial charge on any atom is 0.0412 e. The first-order valence-corrected chi connectivity index (χ1v) is 6.47. The molecule has 0 atom stereocenters. The zero-order chi connectivity index (χ0) is 11.8. The van der Waals surface area contributed by atoms with Crippen molar-refractivity contribution in [3.63, 3.8) is 0 Å². The molecule has 0 radical (unpaired) electrons. The molecule has 1 aliphatic carbocycles. The second kappa shape index (κ2) is 4.38. The van der Waals surface area contributed by atoms with Crippen LogP contribution >= 0.6 is 11.6 Å². The van der Waals surface area contributed by atoms with E-state index in [1.807, 2.05) is 6.07 Å². The average molecular weight is 238 g/mol. The van der Waals surface area contributed by atoms with Crippen molar-refractivity contribution in [1.29, 1.82) is 0 Å². The maximum atomic E-state index is 6.56. The summed E-state index contributed by atoms with van der Waals surface area (Å²) in [4.78, 5) is 0. The van der Waals surface area contributed by atoms with E-state index in [1.54, 1.807) is 0 Å². The van der Waals surface area contributed by atoms with E-state index >= 15 is 0 Å². The molecule has 0 spiro atoms. The Bertz CT molecular complexity index is 392. The molecule has 1 nitrogen and oxygen atoms in total. The van der Waals surface area contributed by atoms with E-state index in [-0.39, 0.29) is 5.54 Å². The third kappa shape index (κ3) is 2.11. The van der Waals surface area contributed by atoms with Crippen LogP contribution < -0.4 is 5.73 Å². The third-order valence-electron chi connectivity index (χ3n) is 3.91. The van der Waals surface area contributed by atoms with Crippen molar-refractivity contribution in [2.24, 2.45) is 5.73 Å². The van der Waals surface area contributed by atoms with Gasteiger partial charge in [0.25, 0.3) is 0 Å². The number of hydrogen-bond acceptors (Lipinski definition) is 1. The van der Waals surface area contributed by atoms with E-state index in [0.29, 0.717) is 0 Å². The van der Waals surface area contributed by atoms with Crippen molar-refractivity contribution in [3.8, 4) is 0 Å². The van der Waals surface area contributed by atoms with Gasteiger partial charge in [0.2, 0.25) is 0 Å². The molecule has 0 aromatic heterocycles. The van der Waals surface area contributed by atoms with Gasteiger partial charge < -0.3 is 5.73 Å². The van der Waals surface area contributed by atoms with E-state index in [4.69, 9.17) is 17.3 Å². The molecule has 0 unspecified atom stereocenters. The van der Waals surface area contributed by atoms with Crippen LogP contribution in [0, 0.1) is 13.8 Å². The highest BCUT2D eigenvalue weighted by Crippen LogP contribution is 2.38. The fourth-order valence-electron chi connectivity index (χ4n) is 2.78. The SMILES string of the molecule is Cc1cc(Cl)cc(C2(N)CCCCC2)c1C. The largest absolute Gasteiger partial charge is 0.321 e. The van der Waals surface area contributed by atoms with Crippen LogP contribution in [0.4, 0.5) is 0 Å². The van der Waals surface area contributed by atoms with Crippen LogP contribution in [0.1, 0.15) is 48.8 Å². The molecule has 1 aromatic carbocycles. The Morgan fingerprint density at radius 3 is 2.38 bits per heavy atom. The highest BCUT2D eigenvalue weighted by atomic mass is 35.5. The molecule has 0 heterocycles. The number of hydrogen-bond donors (Lipinski definition) is 1. The summed E-state index contributed by atoms with van der Waals surface area (Å²) in [7, 11) is 0. The normalized spacial score (nSPS) is 19.8. The van der Waals surface area contributed by atoms with Gasteiger partial charge in [-0.3, -0.25) is 0 Å². The van der Waals surface area contributed by atoms with Gasteiger partial charge in [-0.25, -0.2) is 0 Å². The van der Waals surface area contributed by atoms with E-state index in [1.165, 1.54) is 36.0 Å². The van der Waals surface area contributed by atoms with Crippen LogP contribution in [-0.2, 0) is 5.54 Å². The van der Waals surface area contributed by atoms with E-state index < -0.39 is 0 Å². The van der Waals surface area contributed by atoms with E-state index in [9.17, 15) is 0 Å². The van der Waals surface area contributed by atoms with Crippen molar-refractivity contribution in [3.05, 3.63) is 33.8 Å². The van der Waals surface area contributed by atoms with Crippen molar-refractivity contribution in [2.45, 2.75) is 51.5 Å². The molecule has 0 amide bonds. The third-order valence-corrected chi connectivity index (χ3v) is 4.13. The van der Waals surface area contributed by atoms with Gasteiger partial charge in [0.15, 0.2) is 0 Å². The second-order valence-electron chi connectivity index (χ2n) is 5.11. The van der Waals surface area contributed by atoms with Crippen LogP contribution in [-0.4, -0.2) is 0 Å². The Labute approximate surface area is 103 Å². The summed E-state index contributed by atoms with van der Waals surface area (Å²) in [5.74, 6) is 0. The van der Waals surface area contributed by atoms with Crippen molar-refractivity contribution >= 4 is 11.6 Å². The molecule has 0 aliphatic heterocycles. The van der Waals surface area contributed by atoms with Crippen molar-refractivity contribution < 1.29 is 0 Å². The van der Waals surface area contributed by atoms with Gasteiger partial charge in [-0.05, 0) is 55.5 Å². The number of nitrogens with two attached hydrogens (primary N) is 1. The first-order chi connectivity index (χ1) is 7.53.